The van der Waals surface area contributed by atoms with Crippen molar-refractivity contribution in [2.75, 3.05) is 26.7 Å². The maximum atomic E-state index is 4.18. The first kappa shape index (κ1) is 14.2. The lowest BCUT2D eigenvalue weighted by atomic mass is 10.2. The van der Waals surface area contributed by atoms with E-state index in [1.807, 2.05) is 24.4 Å². The predicted octanol–water partition coefficient (Wildman–Crippen LogP) is 1.36. The molecule has 0 fully saturated rings. The third kappa shape index (κ3) is 4.86. The molecule has 17 heavy (non-hydrogen) atoms. The van der Waals surface area contributed by atoms with Gasteiger partial charge in [0.05, 0.1) is 40.3 Å². The summed E-state index contributed by atoms with van der Waals surface area (Å²) >= 11 is 0. The van der Waals surface area contributed by atoms with Crippen LogP contribution < -0.4 is 4.57 Å². The normalized spacial score (nSPS) is 12.0. The average Bonchev–Trinajstić information content (AvgIpc) is 2.65. The zero-order chi connectivity index (χ0) is 12.7. The molecule has 1 aromatic heterocycles. The third-order valence-electron chi connectivity index (χ3n) is 3.34. The molecule has 0 N–H and O–H groups in total. The first-order chi connectivity index (χ1) is 8.09. The summed E-state index contributed by atoms with van der Waals surface area (Å²) in [5, 5.41) is 4.18. The summed E-state index contributed by atoms with van der Waals surface area (Å²) in [6.45, 7) is 9.50. The number of rotatable bonds is 8. The molecule has 1 aromatic rings. The largest absolute Gasteiger partial charge is 0.326 e. The Morgan fingerprint density at radius 2 is 1.82 bits per heavy atom. The summed E-state index contributed by atoms with van der Waals surface area (Å²) in [4.78, 5) is 0. The van der Waals surface area contributed by atoms with Crippen molar-refractivity contribution in [3.63, 3.8) is 0 Å². The van der Waals surface area contributed by atoms with Gasteiger partial charge in [0.2, 0.25) is 6.33 Å². The van der Waals surface area contributed by atoms with E-state index in [9.17, 15) is 0 Å². The molecule has 0 atom stereocenters. The van der Waals surface area contributed by atoms with Gasteiger partial charge in [-0.05, 0) is 12.8 Å². The van der Waals surface area contributed by atoms with Gasteiger partial charge in [-0.2, -0.15) is 0 Å². The van der Waals surface area contributed by atoms with E-state index in [0.29, 0.717) is 0 Å². The van der Waals surface area contributed by atoms with Crippen molar-refractivity contribution in [3.05, 3.63) is 12.7 Å². The van der Waals surface area contributed by atoms with Crippen LogP contribution in [0.15, 0.2) is 12.7 Å². The van der Waals surface area contributed by atoms with Crippen molar-refractivity contribution in [2.45, 2.75) is 39.7 Å². The fourth-order valence-corrected chi connectivity index (χ4v) is 2.59. The molecule has 1 rings (SSSR count). The Kier molecular flexibility index (Phi) is 5.62. The lowest BCUT2D eigenvalue weighted by Crippen LogP contribution is -2.47. The molecule has 4 heteroatoms. The van der Waals surface area contributed by atoms with Crippen LogP contribution in [0.5, 0.6) is 0 Å². The van der Waals surface area contributed by atoms with Crippen LogP contribution in [0.2, 0.25) is 0 Å². The van der Waals surface area contributed by atoms with E-state index in [1.54, 1.807) is 0 Å². The molecule has 0 saturated carbocycles. The van der Waals surface area contributed by atoms with Gasteiger partial charge in [-0.15, -0.1) is 4.68 Å². The van der Waals surface area contributed by atoms with Crippen molar-refractivity contribution < 1.29 is 9.05 Å². The Labute approximate surface area is 105 Å². The van der Waals surface area contributed by atoms with Gasteiger partial charge in [-0.25, -0.2) is 4.57 Å². The van der Waals surface area contributed by atoms with Crippen LogP contribution >= 0.6 is 0 Å². The second kappa shape index (κ2) is 6.74. The molecular formula is C13H28N4+2. The minimum atomic E-state index is 1.08. The van der Waals surface area contributed by atoms with Crippen LogP contribution in [0.1, 0.15) is 33.1 Å². The van der Waals surface area contributed by atoms with Gasteiger partial charge in [0.1, 0.15) is 0 Å². The molecule has 0 radical (unpaired) electrons. The van der Waals surface area contributed by atoms with E-state index in [4.69, 9.17) is 0 Å². The van der Waals surface area contributed by atoms with Crippen LogP contribution in [-0.2, 0) is 13.6 Å². The maximum absolute atomic E-state index is 4.18. The zero-order valence-corrected chi connectivity index (χ0v) is 11.9. The van der Waals surface area contributed by atoms with Crippen LogP contribution in [-0.4, -0.2) is 40.9 Å². The molecule has 0 saturated heterocycles. The molecule has 0 aliphatic heterocycles. The van der Waals surface area contributed by atoms with Crippen molar-refractivity contribution in [1.82, 2.24) is 9.78 Å². The molecule has 98 valence electrons. The molecule has 0 aromatic carbocycles. The fraction of sp³-hybridized carbons (Fsp3) is 0.846. The average molecular weight is 240 g/mol. The first-order valence-corrected chi connectivity index (χ1v) is 6.81. The van der Waals surface area contributed by atoms with E-state index in [2.05, 4.69) is 30.6 Å². The van der Waals surface area contributed by atoms with Crippen LogP contribution in [0, 0.1) is 0 Å². The highest BCUT2D eigenvalue weighted by Crippen LogP contribution is 2.07. The maximum Gasteiger partial charge on any atom is 0.265 e. The molecule has 0 bridgehead atoms. The molecule has 0 aliphatic carbocycles. The van der Waals surface area contributed by atoms with Crippen LogP contribution in [0.25, 0.3) is 0 Å². The van der Waals surface area contributed by atoms with Crippen LogP contribution in [0.3, 0.4) is 0 Å². The highest BCUT2D eigenvalue weighted by Gasteiger charge is 2.19. The Morgan fingerprint density at radius 1 is 1.18 bits per heavy atom. The second-order valence-corrected chi connectivity index (χ2v) is 5.30. The van der Waals surface area contributed by atoms with Gasteiger partial charge in [-0.1, -0.05) is 13.8 Å². The van der Waals surface area contributed by atoms with Crippen molar-refractivity contribution >= 4 is 0 Å². The van der Waals surface area contributed by atoms with Crippen molar-refractivity contribution in [3.8, 4) is 0 Å². The summed E-state index contributed by atoms with van der Waals surface area (Å²) in [7, 11) is 4.35. The summed E-state index contributed by atoms with van der Waals surface area (Å²) in [5.41, 5.74) is 0. The minimum Gasteiger partial charge on any atom is -0.326 e. The third-order valence-corrected chi connectivity index (χ3v) is 3.34. The van der Waals surface area contributed by atoms with E-state index in [1.165, 1.54) is 43.4 Å². The number of quaternary nitrogens is 1. The highest BCUT2D eigenvalue weighted by atomic mass is 15.3. The topological polar surface area (TPSA) is 21.7 Å². The number of aromatic nitrogens is 3. The van der Waals surface area contributed by atoms with Gasteiger partial charge in [0.25, 0.3) is 6.33 Å². The molecule has 0 aliphatic rings. The lowest BCUT2D eigenvalue weighted by molar-refractivity contribution is -0.911. The van der Waals surface area contributed by atoms with E-state index in [0.717, 1.165) is 6.54 Å². The number of aryl methyl sites for hydroxylation is 2. The van der Waals surface area contributed by atoms with E-state index >= 15 is 0 Å². The fourth-order valence-electron chi connectivity index (χ4n) is 2.59. The van der Waals surface area contributed by atoms with E-state index < -0.39 is 0 Å². The molecule has 1 heterocycles. The molecule has 0 amide bonds. The second-order valence-electron chi connectivity index (χ2n) is 5.30. The Hall–Kier alpha value is -0.900. The van der Waals surface area contributed by atoms with Gasteiger partial charge in [-0.3, -0.25) is 0 Å². The molecular weight excluding hydrogens is 212 g/mol. The van der Waals surface area contributed by atoms with Gasteiger partial charge < -0.3 is 4.48 Å². The summed E-state index contributed by atoms with van der Waals surface area (Å²) in [5.74, 6) is 0. The predicted molar refractivity (Wildman–Crippen MR) is 69.4 cm³/mol. The first-order valence-electron chi connectivity index (χ1n) is 6.81. The van der Waals surface area contributed by atoms with Crippen molar-refractivity contribution in [2.24, 2.45) is 7.05 Å². The molecule has 4 nitrogen and oxygen atoms in total. The summed E-state index contributed by atoms with van der Waals surface area (Å²) in [6.07, 6.45) is 7.73. The molecule has 0 unspecified atom stereocenters. The minimum absolute atomic E-state index is 1.08. The number of hydrogen-bond donors (Lipinski definition) is 0. The monoisotopic (exact) mass is 240 g/mol. The number of nitrogens with zero attached hydrogens (tertiary/aromatic N) is 4. The molecule has 0 spiro atoms. The summed E-state index contributed by atoms with van der Waals surface area (Å²) in [6, 6.07) is 0. The van der Waals surface area contributed by atoms with Gasteiger partial charge in [0, 0.05) is 11.5 Å². The van der Waals surface area contributed by atoms with E-state index in [-0.39, 0.29) is 0 Å². The Balaban J connectivity index is 2.36. The smallest absolute Gasteiger partial charge is 0.265 e. The zero-order valence-electron chi connectivity index (χ0n) is 11.9. The van der Waals surface area contributed by atoms with Crippen molar-refractivity contribution in [1.29, 1.82) is 0 Å². The standard InChI is InChI=1S/C13H28N4/c1-5-9-17(4,10-6-2)11-7-8-16-12-14-15(3)13-16/h12-13H,5-11H2,1-4H3/q+2. The quantitative estimate of drug-likeness (QED) is 0.497. The lowest BCUT2D eigenvalue weighted by Gasteiger charge is -2.34. The van der Waals surface area contributed by atoms with Crippen LogP contribution in [0.4, 0.5) is 0 Å². The van der Waals surface area contributed by atoms with Gasteiger partial charge in [0.15, 0.2) is 0 Å². The van der Waals surface area contributed by atoms with Gasteiger partial charge >= 0.3 is 0 Å². The SMILES string of the molecule is CCC[N+](C)(CCC)CCC[n+]1cnn(C)c1. The summed E-state index contributed by atoms with van der Waals surface area (Å²) < 4.78 is 5.24. The highest BCUT2D eigenvalue weighted by molar-refractivity contribution is 4.42. The Morgan fingerprint density at radius 3 is 2.29 bits per heavy atom. The number of hydrogen-bond acceptors (Lipinski definition) is 1. The Bertz CT molecular complexity index is 313.